The van der Waals surface area contributed by atoms with Gasteiger partial charge in [0.25, 0.3) is 5.69 Å². The number of likely N-dealkylation sites (tertiary alicyclic amines) is 1. The minimum Gasteiger partial charge on any atom is -0.299 e. The Hall–Kier alpha value is -1.42. The molecule has 1 fully saturated rings. The molecule has 2 rings (SSSR count). The van der Waals surface area contributed by atoms with Crippen LogP contribution in [0.4, 0.5) is 5.69 Å². The summed E-state index contributed by atoms with van der Waals surface area (Å²) in [6, 6.07) is 7.05. The van der Waals surface area contributed by atoms with E-state index >= 15 is 0 Å². The molecule has 0 radical (unpaired) electrons. The molecule has 1 unspecified atom stereocenters. The first kappa shape index (κ1) is 14.0. The van der Waals surface area contributed by atoms with E-state index in [-0.39, 0.29) is 10.6 Å². The van der Waals surface area contributed by atoms with Crippen molar-refractivity contribution >= 4 is 5.69 Å². The normalized spacial score (nSPS) is 23.2. The second kappa shape index (κ2) is 5.29. The minimum atomic E-state index is -0.285. The SMILES string of the molecule is CC1CN(Cc2ccccc2[N+](=O)[O-])CCC1(C)C. The van der Waals surface area contributed by atoms with E-state index in [4.69, 9.17) is 0 Å². The van der Waals surface area contributed by atoms with Crippen LogP contribution in [0.3, 0.4) is 0 Å². The lowest BCUT2D eigenvalue weighted by Crippen LogP contribution is -2.43. The third-order valence-electron chi connectivity index (χ3n) is 4.52. The number of piperidine rings is 1. The highest BCUT2D eigenvalue weighted by molar-refractivity contribution is 5.39. The zero-order chi connectivity index (χ0) is 14.0. The number of nitrogens with zero attached hydrogens (tertiary/aromatic N) is 2. The summed E-state index contributed by atoms with van der Waals surface area (Å²) in [5.41, 5.74) is 1.43. The molecule has 0 amide bonds. The molecule has 104 valence electrons. The molecule has 1 heterocycles. The molecule has 0 bridgehead atoms. The third kappa shape index (κ3) is 3.13. The summed E-state index contributed by atoms with van der Waals surface area (Å²) in [5.74, 6) is 0.615. The average molecular weight is 262 g/mol. The number of hydrogen-bond donors (Lipinski definition) is 0. The molecule has 1 aromatic rings. The summed E-state index contributed by atoms with van der Waals surface area (Å²) in [6.45, 7) is 9.59. The molecule has 1 atom stereocenters. The molecule has 0 aromatic heterocycles. The number of para-hydroxylation sites is 1. The van der Waals surface area contributed by atoms with Gasteiger partial charge in [0.15, 0.2) is 0 Å². The zero-order valence-electron chi connectivity index (χ0n) is 11.9. The lowest BCUT2D eigenvalue weighted by atomic mass is 9.74. The van der Waals surface area contributed by atoms with E-state index in [1.165, 1.54) is 0 Å². The van der Waals surface area contributed by atoms with Crippen molar-refractivity contribution in [1.29, 1.82) is 0 Å². The summed E-state index contributed by atoms with van der Waals surface area (Å²) < 4.78 is 0. The predicted molar refractivity (Wildman–Crippen MR) is 75.9 cm³/mol. The maximum absolute atomic E-state index is 11.0. The molecule has 1 aliphatic rings. The van der Waals surface area contributed by atoms with E-state index in [0.29, 0.717) is 17.9 Å². The number of hydrogen-bond acceptors (Lipinski definition) is 3. The first-order valence-electron chi connectivity index (χ1n) is 6.85. The van der Waals surface area contributed by atoms with Gasteiger partial charge in [-0.1, -0.05) is 39.0 Å². The first-order chi connectivity index (χ1) is 8.90. The molecular formula is C15H22N2O2. The highest BCUT2D eigenvalue weighted by Crippen LogP contribution is 2.36. The third-order valence-corrected chi connectivity index (χ3v) is 4.52. The van der Waals surface area contributed by atoms with E-state index in [2.05, 4.69) is 25.7 Å². The Morgan fingerprint density at radius 2 is 2.11 bits per heavy atom. The van der Waals surface area contributed by atoms with Gasteiger partial charge < -0.3 is 0 Å². The van der Waals surface area contributed by atoms with Gasteiger partial charge in [-0.15, -0.1) is 0 Å². The molecule has 1 saturated heterocycles. The van der Waals surface area contributed by atoms with Gasteiger partial charge in [0.2, 0.25) is 0 Å². The van der Waals surface area contributed by atoms with Crippen molar-refractivity contribution in [3.63, 3.8) is 0 Å². The van der Waals surface area contributed by atoms with Crippen LogP contribution in [-0.4, -0.2) is 22.9 Å². The highest BCUT2D eigenvalue weighted by atomic mass is 16.6. The number of nitro groups is 1. The Morgan fingerprint density at radius 1 is 1.42 bits per heavy atom. The van der Waals surface area contributed by atoms with Crippen LogP contribution in [0.15, 0.2) is 24.3 Å². The Labute approximate surface area is 114 Å². The predicted octanol–water partition coefficient (Wildman–Crippen LogP) is 3.46. The van der Waals surface area contributed by atoms with Crippen LogP contribution < -0.4 is 0 Å². The van der Waals surface area contributed by atoms with E-state index in [1.807, 2.05) is 12.1 Å². The van der Waals surface area contributed by atoms with Crippen molar-refractivity contribution in [2.45, 2.75) is 33.7 Å². The topological polar surface area (TPSA) is 46.4 Å². The summed E-state index contributed by atoms with van der Waals surface area (Å²) in [6.07, 6.45) is 1.15. The summed E-state index contributed by atoms with van der Waals surface area (Å²) in [7, 11) is 0. The van der Waals surface area contributed by atoms with Gasteiger partial charge in [0.05, 0.1) is 4.92 Å². The van der Waals surface area contributed by atoms with E-state index in [0.717, 1.165) is 25.1 Å². The molecule has 4 heteroatoms. The molecule has 0 N–H and O–H groups in total. The maximum Gasteiger partial charge on any atom is 0.273 e. The van der Waals surface area contributed by atoms with Crippen LogP contribution in [0.25, 0.3) is 0 Å². The smallest absolute Gasteiger partial charge is 0.273 e. The van der Waals surface area contributed by atoms with Crippen LogP contribution in [0.2, 0.25) is 0 Å². The Bertz CT molecular complexity index is 471. The van der Waals surface area contributed by atoms with Crippen LogP contribution in [0.1, 0.15) is 32.8 Å². The minimum absolute atomic E-state index is 0.236. The Morgan fingerprint density at radius 3 is 2.74 bits per heavy atom. The molecule has 0 aliphatic carbocycles. The molecule has 1 aromatic carbocycles. The van der Waals surface area contributed by atoms with Crippen LogP contribution in [0, 0.1) is 21.4 Å². The van der Waals surface area contributed by atoms with Crippen LogP contribution >= 0.6 is 0 Å². The van der Waals surface area contributed by atoms with Gasteiger partial charge in [-0.3, -0.25) is 15.0 Å². The van der Waals surface area contributed by atoms with Crippen molar-refractivity contribution in [2.24, 2.45) is 11.3 Å². The fourth-order valence-electron chi connectivity index (χ4n) is 2.63. The van der Waals surface area contributed by atoms with Gasteiger partial charge in [-0.05, 0) is 24.3 Å². The van der Waals surface area contributed by atoms with Crippen molar-refractivity contribution < 1.29 is 4.92 Å². The van der Waals surface area contributed by atoms with Gasteiger partial charge in [0.1, 0.15) is 0 Å². The lowest BCUT2D eigenvalue weighted by Gasteiger charge is -2.42. The molecule has 0 saturated carbocycles. The second-order valence-corrected chi connectivity index (χ2v) is 6.26. The van der Waals surface area contributed by atoms with Crippen LogP contribution in [0.5, 0.6) is 0 Å². The molecule has 0 spiro atoms. The average Bonchev–Trinajstić information content (AvgIpc) is 2.35. The van der Waals surface area contributed by atoms with Crippen molar-refractivity contribution in [3.8, 4) is 0 Å². The molecule has 4 nitrogen and oxygen atoms in total. The fraction of sp³-hybridized carbons (Fsp3) is 0.600. The van der Waals surface area contributed by atoms with E-state index in [9.17, 15) is 10.1 Å². The monoisotopic (exact) mass is 262 g/mol. The van der Waals surface area contributed by atoms with Crippen molar-refractivity contribution in [2.75, 3.05) is 13.1 Å². The quantitative estimate of drug-likeness (QED) is 0.619. The molecule has 19 heavy (non-hydrogen) atoms. The molecule has 1 aliphatic heterocycles. The van der Waals surface area contributed by atoms with Gasteiger partial charge >= 0.3 is 0 Å². The highest BCUT2D eigenvalue weighted by Gasteiger charge is 2.32. The summed E-state index contributed by atoms with van der Waals surface area (Å²) in [5, 5.41) is 11.0. The lowest BCUT2D eigenvalue weighted by molar-refractivity contribution is -0.385. The first-order valence-corrected chi connectivity index (χ1v) is 6.85. The van der Waals surface area contributed by atoms with E-state index < -0.39 is 0 Å². The van der Waals surface area contributed by atoms with Crippen molar-refractivity contribution in [1.82, 2.24) is 4.90 Å². The molecular weight excluding hydrogens is 240 g/mol. The number of nitro benzene ring substituents is 1. The maximum atomic E-state index is 11.0. The fourth-order valence-corrected chi connectivity index (χ4v) is 2.63. The van der Waals surface area contributed by atoms with Gasteiger partial charge in [0, 0.05) is 24.7 Å². The number of rotatable bonds is 3. The number of benzene rings is 1. The summed E-state index contributed by atoms with van der Waals surface area (Å²) >= 11 is 0. The zero-order valence-corrected chi connectivity index (χ0v) is 11.9. The van der Waals surface area contributed by atoms with E-state index in [1.54, 1.807) is 12.1 Å². The van der Waals surface area contributed by atoms with Gasteiger partial charge in [-0.25, -0.2) is 0 Å². The van der Waals surface area contributed by atoms with Gasteiger partial charge in [-0.2, -0.15) is 0 Å². The van der Waals surface area contributed by atoms with Crippen molar-refractivity contribution in [3.05, 3.63) is 39.9 Å². The largest absolute Gasteiger partial charge is 0.299 e. The standard InChI is InChI=1S/C15H22N2O2/c1-12-10-16(9-8-15(12,2)3)11-13-6-4-5-7-14(13)17(18)19/h4-7,12H,8-11H2,1-3H3. The second-order valence-electron chi connectivity index (χ2n) is 6.26. The Kier molecular flexibility index (Phi) is 3.90. The summed E-state index contributed by atoms with van der Waals surface area (Å²) in [4.78, 5) is 13.1. The Balaban J connectivity index is 2.09. The van der Waals surface area contributed by atoms with Crippen LogP contribution in [-0.2, 0) is 6.54 Å².